The van der Waals surface area contributed by atoms with Gasteiger partial charge in [-0.1, -0.05) is 18.2 Å². The number of nitrogens with two attached hydrogens (primary N) is 1. The van der Waals surface area contributed by atoms with E-state index in [1.165, 1.54) is 6.20 Å². The van der Waals surface area contributed by atoms with Crippen LogP contribution in [0.1, 0.15) is 10.5 Å². The summed E-state index contributed by atoms with van der Waals surface area (Å²) in [6, 6.07) is 12.5. The van der Waals surface area contributed by atoms with Crippen LogP contribution in [0.4, 0.5) is 11.4 Å². The fraction of sp³-hybridized carbons (Fsp3) is 0. The molecular weight excluding hydrogens is 216 g/mol. The summed E-state index contributed by atoms with van der Waals surface area (Å²) >= 11 is 0. The zero-order valence-electron chi connectivity index (χ0n) is 9.05. The molecule has 1 heterocycles. The van der Waals surface area contributed by atoms with E-state index >= 15 is 0 Å². The van der Waals surface area contributed by atoms with Crippen molar-refractivity contribution in [2.75, 3.05) is 10.7 Å². The molecule has 17 heavy (non-hydrogen) atoms. The van der Waals surface area contributed by atoms with Crippen LogP contribution < -0.4 is 16.6 Å². The number of nitrogens with one attached hydrogen (secondary N) is 2. The number of nitrogens with zero attached hydrogens (tertiary/aromatic N) is 1. The van der Waals surface area contributed by atoms with E-state index in [1.54, 1.807) is 12.1 Å². The molecule has 2 rings (SSSR count). The second-order valence-corrected chi connectivity index (χ2v) is 3.40. The molecule has 1 aromatic heterocycles. The number of hydrogen-bond acceptors (Lipinski definition) is 4. The number of aromatic nitrogens is 1. The van der Waals surface area contributed by atoms with Crippen molar-refractivity contribution in [3.8, 4) is 0 Å². The molecule has 5 nitrogen and oxygen atoms in total. The first kappa shape index (κ1) is 11.1. The largest absolute Gasteiger partial charge is 0.323 e. The molecule has 5 heteroatoms. The number of nitrogen functional groups attached to an aromatic ring is 1. The number of anilines is 2. The smallest absolute Gasteiger partial charge is 0.274 e. The molecule has 86 valence electrons. The fourth-order valence-corrected chi connectivity index (χ4v) is 1.33. The van der Waals surface area contributed by atoms with Gasteiger partial charge in [-0.2, -0.15) is 0 Å². The van der Waals surface area contributed by atoms with Crippen LogP contribution in [0.3, 0.4) is 0 Å². The Morgan fingerprint density at radius 3 is 2.41 bits per heavy atom. The van der Waals surface area contributed by atoms with Crippen LogP contribution >= 0.6 is 0 Å². The summed E-state index contributed by atoms with van der Waals surface area (Å²) in [6.07, 6.45) is 1.50. The van der Waals surface area contributed by atoms with E-state index in [-0.39, 0.29) is 5.91 Å². The summed E-state index contributed by atoms with van der Waals surface area (Å²) in [4.78, 5) is 15.8. The van der Waals surface area contributed by atoms with Crippen LogP contribution in [0.15, 0.2) is 48.7 Å². The second-order valence-electron chi connectivity index (χ2n) is 3.40. The number of hydrazine groups is 1. The average Bonchev–Trinajstić information content (AvgIpc) is 2.40. The molecule has 2 aromatic rings. The third kappa shape index (κ3) is 2.79. The van der Waals surface area contributed by atoms with Gasteiger partial charge in [-0.25, -0.2) is 4.98 Å². The predicted molar refractivity (Wildman–Crippen MR) is 66.4 cm³/mol. The normalized spacial score (nSPS) is 9.71. The van der Waals surface area contributed by atoms with Crippen LogP contribution in [0, 0.1) is 0 Å². The van der Waals surface area contributed by atoms with Crippen molar-refractivity contribution in [3.63, 3.8) is 0 Å². The summed E-state index contributed by atoms with van der Waals surface area (Å²) in [6.45, 7) is 0. The van der Waals surface area contributed by atoms with Gasteiger partial charge < -0.3 is 10.7 Å². The van der Waals surface area contributed by atoms with E-state index < -0.39 is 0 Å². The highest BCUT2D eigenvalue weighted by Crippen LogP contribution is 2.09. The van der Waals surface area contributed by atoms with Crippen molar-refractivity contribution in [2.45, 2.75) is 0 Å². The quantitative estimate of drug-likeness (QED) is 0.551. The lowest BCUT2D eigenvalue weighted by atomic mass is 10.3. The molecule has 0 radical (unpaired) electrons. The Morgan fingerprint density at radius 1 is 1.06 bits per heavy atom. The fourth-order valence-electron chi connectivity index (χ4n) is 1.33. The van der Waals surface area contributed by atoms with E-state index in [2.05, 4.69) is 15.7 Å². The van der Waals surface area contributed by atoms with E-state index in [4.69, 9.17) is 5.84 Å². The van der Waals surface area contributed by atoms with Gasteiger partial charge in [-0.3, -0.25) is 10.6 Å². The second kappa shape index (κ2) is 5.09. The molecule has 1 aromatic carbocycles. The van der Waals surface area contributed by atoms with Crippen molar-refractivity contribution < 1.29 is 4.79 Å². The summed E-state index contributed by atoms with van der Waals surface area (Å²) in [7, 11) is 0. The zero-order chi connectivity index (χ0) is 12.1. The topological polar surface area (TPSA) is 80.0 Å². The van der Waals surface area contributed by atoms with Gasteiger partial charge in [-0.05, 0) is 24.3 Å². The molecule has 1 amide bonds. The molecule has 0 atom stereocenters. The molecule has 4 N–H and O–H groups in total. The van der Waals surface area contributed by atoms with Gasteiger partial charge in [0.05, 0.1) is 11.9 Å². The van der Waals surface area contributed by atoms with Crippen LogP contribution in [0.25, 0.3) is 0 Å². The minimum Gasteiger partial charge on any atom is -0.323 e. The highest BCUT2D eigenvalue weighted by molar-refractivity contribution is 6.02. The summed E-state index contributed by atoms with van der Waals surface area (Å²) < 4.78 is 0. The first-order chi connectivity index (χ1) is 8.29. The Bertz CT molecular complexity index is 496. The van der Waals surface area contributed by atoms with E-state index in [0.29, 0.717) is 11.4 Å². The lowest BCUT2D eigenvalue weighted by molar-refractivity contribution is 0.102. The van der Waals surface area contributed by atoms with Crippen LogP contribution in [-0.2, 0) is 0 Å². The average molecular weight is 228 g/mol. The number of para-hydroxylation sites is 1. The van der Waals surface area contributed by atoms with Crippen molar-refractivity contribution >= 4 is 17.3 Å². The maximum absolute atomic E-state index is 11.8. The molecule has 0 fully saturated rings. The van der Waals surface area contributed by atoms with E-state index in [0.717, 1.165) is 5.69 Å². The van der Waals surface area contributed by atoms with Gasteiger partial charge in [-0.15, -0.1) is 0 Å². The maximum Gasteiger partial charge on any atom is 0.274 e. The van der Waals surface area contributed by atoms with Crippen molar-refractivity contribution in [1.29, 1.82) is 0 Å². The standard InChI is InChI=1S/C12H12N4O/c13-16-10-6-7-11(14-8-10)12(17)15-9-4-2-1-3-5-9/h1-8,16H,13H2,(H,15,17). The van der Waals surface area contributed by atoms with Crippen molar-refractivity contribution in [3.05, 3.63) is 54.4 Å². The Balaban J connectivity index is 2.09. The Kier molecular flexibility index (Phi) is 3.32. The molecule has 0 aliphatic heterocycles. The molecule has 0 aliphatic rings. The highest BCUT2D eigenvalue weighted by Gasteiger charge is 2.06. The molecule has 0 saturated carbocycles. The minimum atomic E-state index is -0.250. The monoisotopic (exact) mass is 228 g/mol. The zero-order valence-corrected chi connectivity index (χ0v) is 9.05. The van der Waals surface area contributed by atoms with Gasteiger partial charge in [0.25, 0.3) is 5.91 Å². The van der Waals surface area contributed by atoms with Gasteiger partial charge >= 0.3 is 0 Å². The first-order valence-electron chi connectivity index (χ1n) is 5.08. The third-order valence-electron chi connectivity index (χ3n) is 2.19. The molecule has 0 spiro atoms. The summed E-state index contributed by atoms with van der Waals surface area (Å²) in [5.41, 5.74) is 4.18. The number of carbonyl (C=O) groups excluding carboxylic acids is 1. The van der Waals surface area contributed by atoms with Gasteiger partial charge in [0.15, 0.2) is 0 Å². The number of carbonyl (C=O) groups is 1. The number of benzene rings is 1. The lowest BCUT2D eigenvalue weighted by Gasteiger charge is -2.04. The Morgan fingerprint density at radius 2 is 1.82 bits per heavy atom. The van der Waals surface area contributed by atoms with Crippen molar-refractivity contribution in [2.24, 2.45) is 5.84 Å². The summed E-state index contributed by atoms with van der Waals surface area (Å²) in [5.74, 6) is 4.96. The number of pyridine rings is 1. The van der Waals surface area contributed by atoms with Crippen LogP contribution in [0.5, 0.6) is 0 Å². The van der Waals surface area contributed by atoms with Gasteiger partial charge in [0.2, 0.25) is 0 Å². The van der Waals surface area contributed by atoms with E-state index in [1.807, 2.05) is 30.3 Å². The number of hydrogen-bond donors (Lipinski definition) is 3. The number of rotatable bonds is 3. The first-order valence-corrected chi connectivity index (χ1v) is 5.08. The Labute approximate surface area is 98.6 Å². The molecule has 0 unspecified atom stereocenters. The SMILES string of the molecule is NNc1ccc(C(=O)Nc2ccccc2)nc1. The third-order valence-corrected chi connectivity index (χ3v) is 2.19. The predicted octanol–water partition coefficient (Wildman–Crippen LogP) is 1.62. The molecule has 0 aliphatic carbocycles. The van der Waals surface area contributed by atoms with Crippen molar-refractivity contribution in [1.82, 2.24) is 4.98 Å². The number of amides is 1. The van der Waals surface area contributed by atoms with Crippen LogP contribution in [0.2, 0.25) is 0 Å². The van der Waals surface area contributed by atoms with E-state index in [9.17, 15) is 4.79 Å². The minimum absolute atomic E-state index is 0.250. The molecular formula is C12H12N4O. The van der Waals surface area contributed by atoms with Gasteiger partial charge in [0, 0.05) is 5.69 Å². The van der Waals surface area contributed by atoms with Crippen LogP contribution in [-0.4, -0.2) is 10.9 Å². The highest BCUT2D eigenvalue weighted by atomic mass is 16.1. The maximum atomic E-state index is 11.8. The molecule has 0 saturated heterocycles. The summed E-state index contributed by atoms with van der Waals surface area (Å²) in [5, 5.41) is 2.74. The lowest BCUT2D eigenvalue weighted by Crippen LogP contribution is -2.14. The Hall–Kier alpha value is -2.40. The van der Waals surface area contributed by atoms with Gasteiger partial charge in [0.1, 0.15) is 5.69 Å². The molecule has 0 bridgehead atoms.